The zero-order chi connectivity index (χ0) is 17.1. The van der Waals surface area contributed by atoms with E-state index in [1.807, 2.05) is 0 Å². The minimum Gasteiger partial charge on any atom is -0.371 e. The minimum absolute atomic E-state index is 0.522. The average Bonchev–Trinajstić information content (AvgIpc) is 2.72. The van der Waals surface area contributed by atoms with Gasteiger partial charge in [0.2, 0.25) is 0 Å². The first-order chi connectivity index (χ1) is 10.9. The molecule has 124 valence electrons. The van der Waals surface area contributed by atoms with Gasteiger partial charge in [0, 0.05) is 24.2 Å². The van der Waals surface area contributed by atoms with Gasteiger partial charge in [-0.3, -0.25) is 0 Å². The quantitative estimate of drug-likeness (QED) is 0.612. The number of nitrogens with zero attached hydrogens (tertiary/aromatic N) is 1. The Morgan fingerprint density at radius 1 is 1.09 bits per heavy atom. The summed E-state index contributed by atoms with van der Waals surface area (Å²) in [5.41, 5.74) is 10.8. The maximum Gasteiger partial charge on any atom is 0.0560 e. The summed E-state index contributed by atoms with van der Waals surface area (Å²) in [6.45, 7) is 15.1. The van der Waals surface area contributed by atoms with Gasteiger partial charge < -0.3 is 4.90 Å². The minimum atomic E-state index is 0.522. The summed E-state index contributed by atoms with van der Waals surface area (Å²) in [6, 6.07) is 9.13. The van der Waals surface area contributed by atoms with Gasteiger partial charge in [0.05, 0.1) is 5.70 Å². The van der Waals surface area contributed by atoms with Gasteiger partial charge in [0.15, 0.2) is 0 Å². The molecular weight excluding hydrogens is 302 g/mol. The van der Waals surface area contributed by atoms with Crippen molar-refractivity contribution in [2.45, 2.75) is 47.5 Å². The molecule has 0 saturated carbocycles. The molecule has 2 rings (SSSR count). The zero-order valence-corrected chi connectivity index (χ0v) is 16.0. The molecule has 0 fully saturated rings. The molecule has 0 radical (unpaired) electrons. The first kappa shape index (κ1) is 17.9. The Morgan fingerprint density at radius 3 is 2.26 bits per heavy atom. The van der Waals surface area contributed by atoms with Crippen molar-refractivity contribution >= 4 is 17.3 Å². The Hall–Kier alpha value is -1.47. The van der Waals surface area contributed by atoms with Crippen LogP contribution in [0.5, 0.6) is 0 Å². The van der Waals surface area contributed by atoms with Gasteiger partial charge in [-0.05, 0) is 67.5 Å². The summed E-state index contributed by atoms with van der Waals surface area (Å²) in [6.07, 6.45) is 0. The molecule has 0 bridgehead atoms. The lowest BCUT2D eigenvalue weighted by atomic mass is 9.99. The molecule has 2 heteroatoms. The second-order valence-corrected chi connectivity index (χ2v) is 6.73. The van der Waals surface area contributed by atoms with E-state index in [4.69, 9.17) is 11.6 Å². The van der Waals surface area contributed by atoms with E-state index in [1.54, 1.807) is 5.54 Å². The van der Waals surface area contributed by atoms with Crippen LogP contribution in [0, 0.1) is 13.8 Å². The van der Waals surface area contributed by atoms with E-state index in [0.29, 0.717) is 5.92 Å². The van der Waals surface area contributed by atoms with Gasteiger partial charge in [-0.1, -0.05) is 43.6 Å². The molecule has 0 N–H and O–H groups in total. The van der Waals surface area contributed by atoms with Gasteiger partial charge in [-0.15, -0.1) is 0 Å². The Morgan fingerprint density at radius 2 is 1.74 bits per heavy atom. The molecule has 2 aliphatic rings. The Kier molecular flexibility index (Phi) is 5.75. The summed E-state index contributed by atoms with van der Waals surface area (Å²) in [5, 5.41) is 0. The lowest BCUT2D eigenvalue weighted by Gasteiger charge is -2.24. The number of hydrogen-bond acceptors (Lipinski definition) is 1. The third-order valence-corrected chi connectivity index (χ3v) is 4.91. The van der Waals surface area contributed by atoms with Gasteiger partial charge in [0.1, 0.15) is 0 Å². The van der Waals surface area contributed by atoms with E-state index < -0.39 is 0 Å². The second kappa shape index (κ2) is 7.40. The molecule has 2 aliphatic carbocycles. The number of fused-ring (bicyclic) bond motifs is 1. The highest BCUT2D eigenvalue weighted by molar-refractivity contribution is 6.28. The van der Waals surface area contributed by atoms with Crippen LogP contribution in [-0.2, 0) is 0 Å². The van der Waals surface area contributed by atoms with E-state index in [0.717, 1.165) is 18.8 Å². The van der Waals surface area contributed by atoms with Crippen molar-refractivity contribution in [3.63, 3.8) is 0 Å². The van der Waals surface area contributed by atoms with E-state index in [9.17, 15) is 0 Å². The van der Waals surface area contributed by atoms with Gasteiger partial charge in [-0.2, -0.15) is 0 Å². The average molecular weight is 330 g/mol. The fourth-order valence-corrected chi connectivity index (χ4v) is 3.52. The lowest BCUT2D eigenvalue weighted by Crippen LogP contribution is -2.21. The summed E-state index contributed by atoms with van der Waals surface area (Å²) in [5.74, 6) is 0.522. The van der Waals surface area contributed by atoms with Crippen molar-refractivity contribution in [1.29, 1.82) is 0 Å². The molecule has 0 unspecified atom stereocenters. The number of halogens is 1. The van der Waals surface area contributed by atoms with Crippen LogP contribution in [0.3, 0.4) is 0 Å². The van der Waals surface area contributed by atoms with Crippen molar-refractivity contribution < 1.29 is 0 Å². The van der Waals surface area contributed by atoms with Crippen molar-refractivity contribution in [3.8, 4) is 11.1 Å². The van der Waals surface area contributed by atoms with E-state index in [2.05, 4.69) is 70.7 Å². The molecule has 0 aliphatic heterocycles. The molecule has 0 saturated heterocycles. The van der Waals surface area contributed by atoms with Crippen LogP contribution in [0.4, 0.5) is 0 Å². The first-order valence-electron chi connectivity index (χ1n) is 8.54. The highest BCUT2D eigenvalue weighted by Gasteiger charge is 2.21. The van der Waals surface area contributed by atoms with Gasteiger partial charge in [0.25, 0.3) is 0 Å². The highest BCUT2D eigenvalue weighted by atomic mass is 35.5. The van der Waals surface area contributed by atoms with Crippen molar-refractivity contribution in [1.82, 2.24) is 4.90 Å². The predicted octanol–water partition coefficient (Wildman–Crippen LogP) is 6.41. The SMILES string of the molecule is CCN(CC)C(=CCl)c1cc(C)c2cc(C(C)C)ccc(C)c1-2. The van der Waals surface area contributed by atoms with Crippen LogP contribution in [-0.4, -0.2) is 18.0 Å². The standard InChI is InChI=1S/C21H28ClN/c1-7-23(8-2)20(13-22)19-11-16(6)18-12-17(14(3)4)10-9-15(5)21(18)19/h9-14H,7-8H2,1-6H3. The predicted molar refractivity (Wildman–Crippen MR) is 103 cm³/mol. The topological polar surface area (TPSA) is 3.24 Å². The third kappa shape index (κ3) is 3.40. The lowest BCUT2D eigenvalue weighted by molar-refractivity contribution is 0.442. The maximum atomic E-state index is 6.23. The molecule has 0 aromatic rings. The molecule has 0 amide bonds. The smallest absolute Gasteiger partial charge is 0.0560 e. The Labute approximate surface area is 146 Å². The number of aryl methyl sites for hydroxylation is 2. The maximum absolute atomic E-state index is 6.23. The van der Waals surface area contributed by atoms with E-state index >= 15 is 0 Å². The summed E-state index contributed by atoms with van der Waals surface area (Å²) in [4.78, 5) is 2.32. The van der Waals surface area contributed by atoms with Crippen LogP contribution in [0.1, 0.15) is 55.9 Å². The van der Waals surface area contributed by atoms with E-state index in [-0.39, 0.29) is 0 Å². The van der Waals surface area contributed by atoms with Gasteiger partial charge in [-0.25, -0.2) is 0 Å². The zero-order valence-electron chi connectivity index (χ0n) is 15.2. The fourth-order valence-electron chi connectivity index (χ4n) is 3.26. The molecule has 0 spiro atoms. The molecule has 0 heterocycles. The first-order valence-corrected chi connectivity index (χ1v) is 8.97. The largest absolute Gasteiger partial charge is 0.371 e. The molecule has 23 heavy (non-hydrogen) atoms. The highest BCUT2D eigenvalue weighted by Crippen LogP contribution is 2.40. The van der Waals surface area contributed by atoms with Crippen LogP contribution >= 0.6 is 11.6 Å². The number of rotatable bonds is 5. The summed E-state index contributed by atoms with van der Waals surface area (Å²) in [7, 11) is 0. The molecular formula is C21H28ClN. The normalized spacial score (nSPS) is 12.3. The Balaban J connectivity index is 2.71. The van der Waals surface area contributed by atoms with Crippen LogP contribution in [0.25, 0.3) is 16.8 Å². The van der Waals surface area contributed by atoms with Crippen LogP contribution in [0.2, 0.25) is 0 Å². The van der Waals surface area contributed by atoms with Crippen molar-refractivity contribution in [2.75, 3.05) is 13.1 Å². The molecule has 0 aromatic carbocycles. The Bertz CT molecular complexity index is 681. The third-order valence-electron chi connectivity index (χ3n) is 4.71. The molecule has 0 aromatic heterocycles. The van der Waals surface area contributed by atoms with Crippen molar-refractivity contribution in [2.24, 2.45) is 0 Å². The van der Waals surface area contributed by atoms with E-state index in [1.165, 1.54) is 33.4 Å². The molecule has 0 atom stereocenters. The van der Waals surface area contributed by atoms with Crippen molar-refractivity contribution in [3.05, 3.63) is 52.1 Å². The van der Waals surface area contributed by atoms with Crippen LogP contribution in [0.15, 0.2) is 29.8 Å². The van der Waals surface area contributed by atoms with Gasteiger partial charge >= 0.3 is 0 Å². The molecule has 1 nitrogen and oxygen atoms in total. The summed E-state index contributed by atoms with van der Waals surface area (Å²) >= 11 is 6.23. The van der Waals surface area contributed by atoms with Crippen LogP contribution < -0.4 is 0 Å². The summed E-state index contributed by atoms with van der Waals surface area (Å²) < 4.78 is 0. The fraction of sp³-hybridized carbons (Fsp3) is 0.429. The monoisotopic (exact) mass is 329 g/mol. The second-order valence-electron chi connectivity index (χ2n) is 6.51. The number of hydrogen-bond donors (Lipinski definition) is 0.